The van der Waals surface area contributed by atoms with Crippen LogP contribution in [0.25, 0.3) is 11.3 Å². The van der Waals surface area contributed by atoms with Gasteiger partial charge in [-0.05, 0) is 30.2 Å². The van der Waals surface area contributed by atoms with Crippen molar-refractivity contribution in [3.63, 3.8) is 0 Å². The van der Waals surface area contributed by atoms with E-state index in [9.17, 15) is 4.79 Å². The molecule has 5 rings (SSSR count). The minimum absolute atomic E-state index is 0.113. The van der Waals surface area contributed by atoms with Crippen LogP contribution in [0.3, 0.4) is 0 Å². The van der Waals surface area contributed by atoms with Crippen LogP contribution in [-0.2, 0) is 10.5 Å². The highest BCUT2D eigenvalue weighted by Crippen LogP contribution is 2.40. The van der Waals surface area contributed by atoms with Gasteiger partial charge >= 0.3 is 0 Å². The van der Waals surface area contributed by atoms with E-state index in [4.69, 9.17) is 9.72 Å². The standard InChI is InChI=1S/C23H21N3O2S/c1-26(22(27)16-8-6-15(7-9-16)17-10-11-28-13-17)23-24-12-18-14-29-20-5-3-2-4-19(20)21(18)25-23/h2-9,12,17H,10-11,13-14H2,1H3. The van der Waals surface area contributed by atoms with Crippen LogP contribution < -0.4 is 4.90 Å². The van der Waals surface area contributed by atoms with Crippen molar-refractivity contribution < 1.29 is 9.53 Å². The summed E-state index contributed by atoms with van der Waals surface area (Å²) in [6, 6.07) is 16.1. The number of anilines is 1. The molecule has 1 unspecified atom stereocenters. The van der Waals surface area contributed by atoms with Crippen LogP contribution in [0.15, 0.2) is 59.6 Å². The summed E-state index contributed by atoms with van der Waals surface area (Å²) in [5, 5.41) is 0. The molecule has 1 amide bonds. The lowest BCUT2D eigenvalue weighted by atomic mass is 9.97. The number of benzene rings is 2. The van der Waals surface area contributed by atoms with Crippen molar-refractivity contribution in [2.45, 2.75) is 23.0 Å². The highest BCUT2D eigenvalue weighted by Gasteiger charge is 2.23. The second-order valence-corrected chi connectivity index (χ2v) is 8.39. The van der Waals surface area contributed by atoms with E-state index >= 15 is 0 Å². The Morgan fingerprint density at radius 1 is 1.17 bits per heavy atom. The van der Waals surface area contributed by atoms with E-state index < -0.39 is 0 Å². The van der Waals surface area contributed by atoms with Crippen molar-refractivity contribution in [2.75, 3.05) is 25.2 Å². The normalized spacial score (nSPS) is 17.5. The minimum Gasteiger partial charge on any atom is -0.381 e. The monoisotopic (exact) mass is 403 g/mol. The molecule has 6 heteroatoms. The fraction of sp³-hybridized carbons (Fsp3) is 0.261. The van der Waals surface area contributed by atoms with Gasteiger partial charge in [0.2, 0.25) is 5.95 Å². The van der Waals surface area contributed by atoms with Crippen LogP contribution in [0.5, 0.6) is 0 Å². The number of nitrogens with zero attached hydrogens (tertiary/aromatic N) is 3. The molecule has 0 saturated carbocycles. The molecule has 2 aliphatic rings. The van der Waals surface area contributed by atoms with Gasteiger partial charge in [0.25, 0.3) is 5.91 Å². The molecule has 2 aliphatic heterocycles. The average Bonchev–Trinajstić information content (AvgIpc) is 3.33. The van der Waals surface area contributed by atoms with Gasteiger partial charge in [-0.2, -0.15) is 0 Å². The van der Waals surface area contributed by atoms with Crippen molar-refractivity contribution in [3.05, 3.63) is 71.4 Å². The van der Waals surface area contributed by atoms with Gasteiger partial charge < -0.3 is 4.74 Å². The minimum atomic E-state index is -0.113. The summed E-state index contributed by atoms with van der Waals surface area (Å²) in [6.45, 7) is 1.57. The third-order valence-electron chi connectivity index (χ3n) is 5.54. The van der Waals surface area contributed by atoms with Crippen LogP contribution in [0, 0.1) is 0 Å². The lowest BCUT2D eigenvalue weighted by Gasteiger charge is -2.21. The zero-order valence-corrected chi connectivity index (χ0v) is 17.0. The molecule has 5 nitrogen and oxygen atoms in total. The Hall–Kier alpha value is -2.70. The maximum absolute atomic E-state index is 13.0. The first-order valence-electron chi connectivity index (χ1n) is 9.74. The molecule has 0 radical (unpaired) electrons. The van der Waals surface area contributed by atoms with Crippen LogP contribution in [0.2, 0.25) is 0 Å². The van der Waals surface area contributed by atoms with Crippen molar-refractivity contribution in [1.29, 1.82) is 0 Å². The molecule has 146 valence electrons. The number of amides is 1. The predicted molar refractivity (Wildman–Crippen MR) is 114 cm³/mol. The third-order valence-corrected chi connectivity index (χ3v) is 6.66. The largest absolute Gasteiger partial charge is 0.381 e. The first-order chi connectivity index (χ1) is 14.2. The average molecular weight is 404 g/mol. The summed E-state index contributed by atoms with van der Waals surface area (Å²) in [5.74, 6) is 1.58. The molecule has 0 N–H and O–H groups in total. The molecule has 0 bridgehead atoms. The van der Waals surface area contributed by atoms with E-state index in [-0.39, 0.29) is 5.91 Å². The fourth-order valence-corrected chi connectivity index (χ4v) is 4.84. The lowest BCUT2D eigenvalue weighted by molar-refractivity contribution is 0.0991. The molecule has 1 atom stereocenters. The number of rotatable bonds is 3. The second-order valence-electron chi connectivity index (χ2n) is 7.38. The van der Waals surface area contributed by atoms with Gasteiger partial charge in [-0.1, -0.05) is 30.3 Å². The molecule has 1 aromatic heterocycles. The number of ether oxygens (including phenoxy) is 1. The first kappa shape index (κ1) is 18.3. The molecule has 0 aliphatic carbocycles. The summed E-state index contributed by atoms with van der Waals surface area (Å²) in [6.07, 6.45) is 2.88. The number of fused-ring (bicyclic) bond motifs is 3. The Bertz CT molecular complexity index is 1060. The predicted octanol–water partition coefficient (Wildman–Crippen LogP) is 4.53. The SMILES string of the molecule is CN(C(=O)c1ccc(C2CCOC2)cc1)c1ncc2c(n1)-c1ccccc1SC2. The van der Waals surface area contributed by atoms with E-state index in [1.165, 1.54) is 15.4 Å². The Labute approximate surface area is 174 Å². The molecular weight excluding hydrogens is 382 g/mol. The van der Waals surface area contributed by atoms with Crippen molar-refractivity contribution >= 4 is 23.6 Å². The molecule has 0 spiro atoms. The Morgan fingerprint density at radius 3 is 2.79 bits per heavy atom. The highest BCUT2D eigenvalue weighted by atomic mass is 32.2. The van der Waals surface area contributed by atoms with E-state index in [0.717, 1.165) is 42.2 Å². The molecule has 29 heavy (non-hydrogen) atoms. The number of carbonyl (C=O) groups is 1. The number of carbonyl (C=O) groups excluding carboxylic acids is 1. The summed E-state index contributed by atoms with van der Waals surface area (Å²) in [7, 11) is 1.73. The Kier molecular flexibility index (Phi) is 4.81. The van der Waals surface area contributed by atoms with Crippen LogP contribution in [0.1, 0.15) is 33.8 Å². The zero-order valence-electron chi connectivity index (χ0n) is 16.2. The molecular formula is C23H21N3O2S. The molecule has 2 aromatic carbocycles. The maximum atomic E-state index is 13.0. The van der Waals surface area contributed by atoms with E-state index in [0.29, 0.717) is 17.4 Å². The summed E-state index contributed by atoms with van der Waals surface area (Å²) < 4.78 is 5.46. The maximum Gasteiger partial charge on any atom is 0.260 e. The molecule has 1 fully saturated rings. The molecule has 3 heterocycles. The topological polar surface area (TPSA) is 55.3 Å². The van der Waals surface area contributed by atoms with Crippen molar-refractivity contribution in [1.82, 2.24) is 9.97 Å². The smallest absolute Gasteiger partial charge is 0.260 e. The number of aromatic nitrogens is 2. The highest BCUT2D eigenvalue weighted by molar-refractivity contribution is 7.98. The fourth-order valence-electron chi connectivity index (χ4n) is 3.82. The Morgan fingerprint density at radius 2 is 2.00 bits per heavy atom. The van der Waals surface area contributed by atoms with Gasteiger partial charge in [-0.25, -0.2) is 9.97 Å². The molecule has 1 saturated heterocycles. The quantitative estimate of drug-likeness (QED) is 0.643. The van der Waals surface area contributed by atoms with Crippen LogP contribution in [-0.4, -0.2) is 36.1 Å². The Balaban J connectivity index is 1.41. The van der Waals surface area contributed by atoms with Gasteiger partial charge in [0.15, 0.2) is 0 Å². The van der Waals surface area contributed by atoms with Crippen molar-refractivity contribution in [2.24, 2.45) is 0 Å². The number of hydrogen-bond donors (Lipinski definition) is 0. The second kappa shape index (κ2) is 7.61. The van der Waals surface area contributed by atoms with E-state index in [1.54, 1.807) is 18.8 Å². The first-order valence-corrected chi connectivity index (χ1v) is 10.7. The van der Waals surface area contributed by atoms with Crippen molar-refractivity contribution in [3.8, 4) is 11.3 Å². The van der Waals surface area contributed by atoms with Gasteiger partial charge in [-0.3, -0.25) is 9.69 Å². The number of hydrogen-bond acceptors (Lipinski definition) is 5. The van der Waals surface area contributed by atoms with Crippen LogP contribution >= 0.6 is 11.8 Å². The summed E-state index contributed by atoms with van der Waals surface area (Å²) in [5.41, 5.74) is 4.97. The van der Waals surface area contributed by atoms with E-state index in [2.05, 4.69) is 17.1 Å². The van der Waals surface area contributed by atoms with E-state index in [1.807, 2.05) is 42.6 Å². The lowest BCUT2D eigenvalue weighted by Crippen LogP contribution is -2.28. The van der Waals surface area contributed by atoms with Gasteiger partial charge in [0.05, 0.1) is 12.3 Å². The van der Waals surface area contributed by atoms with Gasteiger partial charge in [0, 0.05) is 53.1 Å². The van der Waals surface area contributed by atoms with Crippen LogP contribution in [0.4, 0.5) is 5.95 Å². The summed E-state index contributed by atoms with van der Waals surface area (Å²) in [4.78, 5) is 24.9. The van der Waals surface area contributed by atoms with Gasteiger partial charge in [0.1, 0.15) is 0 Å². The number of thioether (sulfide) groups is 1. The summed E-state index contributed by atoms with van der Waals surface area (Å²) >= 11 is 1.79. The zero-order chi connectivity index (χ0) is 19.8. The molecule has 3 aromatic rings. The van der Waals surface area contributed by atoms with Gasteiger partial charge in [-0.15, -0.1) is 11.8 Å². The third kappa shape index (κ3) is 3.43.